The number of fused-ring (bicyclic) bond motifs is 2. The van der Waals surface area contributed by atoms with Crippen molar-refractivity contribution < 1.29 is 33.5 Å². The molecule has 2 aliphatic heterocycles. The smallest absolute Gasteiger partial charge is 0.414 e. The summed E-state index contributed by atoms with van der Waals surface area (Å²) in [6.07, 6.45) is 1.74. The van der Waals surface area contributed by atoms with Crippen LogP contribution in [-0.4, -0.2) is 79.4 Å². The molecule has 0 aromatic carbocycles. The number of hydrogen-bond acceptors (Lipinski definition) is 10. The highest BCUT2D eigenvalue weighted by Gasteiger charge is 2.46. The number of amides is 4. The number of nitrogens with one attached hydrogen (secondary N) is 2. The van der Waals surface area contributed by atoms with Crippen molar-refractivity contribution in [3.63, 3.8) is 0 Å². The Morgan fingerprint density at radius 1 is 1.05 bits per heavy atom. The molecule has 0 unspecified atom stereocenters. The summed E-state index contributed by atoms with van der Waals surface area (Å²) in [7, 11) is 0. The largest absolute Gasteiger partial charge is 0.444 e. The van der Waals surface area contributed by atoms with Crippen molar-refractivity contribution in [3.05, 3.63) is 11.8 Å². The van der Waals surface area contributed by atoms with Crippen LogP contribution in [0.4, 0.5) is 14.4 Å². The summed E-state index contributed by atoms with van der Waals surface area (Å²) in [4.78, 5) is 42.8. The first kappa shape index (κ1) is 27.6. The second-order valence-electron chi connectivity index (χ2n) is 12.0. The second-order valence-corrected chi connectivity index (χ2v) is 12.0. The molecule has 2 saturated heterocycles. The SMILES string of the molecule is CC(C)(C)OC(=O)NC(=NC1CC(Cc2nnc([C@@H]3CC[C@H]4CN3C(=O)N4O)o2)C1)NC(=O)OC(C)(C)C. The van der Waals surface area contributed by atoms with Crippen molar-refractivity contribution >= 4 is 24.2 Å². The molecule has 4 rings (SSSR count). The molecular formula is C24H37N7O7. The van der Waals surface area contributed by atoms with E-state index in [1.807, 2.05) is 0 Å². The van der Waals surface area contributed by atoms with Crippen molar-refractivity contribution in [1.29, 1.82) is 0 Å². The van der Waals surface area contributed by atoms with Crippen molar-refractivity contribution in [3.8, 4) is 0 Å². The number of aliphatic imine (C=N–C) groups is 1. The number of alkyl carbamates (subject to hydrolysis) is 2. The minimum Gasteiger partial charge on any atom is -0.444 e. The Balaban J connectivity index is 1.33. The molecule has 210 valence electrons. The summed E-state index contributed by atoms with van der Waals surface area (Å²) >= 11 is 0. The number of hydroxylamine groups is 2. The fourth-order valence-electron chi connectivity index (χ4n) is 4.69. The molecule has 1 aromatic heterocycles. The Kier molecular flexibility index (Phi) is 7.55. The van der Waals surface area contributed by atoms with Gasteiger partial charge in [-0.25, -0.2) is 24.4 Å². The van der Waals surface area contributed by atoms with Gasteiger partial charge in [0.25, 0.3) is 0 Å². The maximum absolute atomic E-state index is 12.3. The van der Waals surface area contributed by atoms with Gasteiger partial charge in [-0.3, -0.25) is 15.8 Å². The van der Waals surface area contributed by atoms with Gasteiger partial charge in [0, 0.05) is 13.0 Å². The zero-order valence-corrected chi connectivity index (χ0v) is 22.7. The van der Waals surface area contributed by atoms with E-state index >= 15 is 0 Å². The Labute approximate surface area is 221 Å². The third-order valence-electron chi connectivity index (χ3n) is 6.34. The number of carbonyl (C=O) groups excluding carboxylic acids is 3. The van der Waals surface area contributed by atoms with Crippen LogP contribution in [0.15, 0.2) is 9.41 Å². The minimum absolute atomic E-state index is 0.0409. The maximum Gasteiger partial charge on any atom is 0.414 e. The molecule has 1 aliphatic carbocycles. The molecule has 1 aromatic rings. The van der Waals surface area contributed by atoms with E-state index in [0.717, 1.165) is 5.06 Å². The molecule has 0 spiro atoms. The highest BCUT2D eigenvalue weighted by Crippen LogP contribution is 2.38. The van der Waals surface area contributed by atoms with Crippen LogP contribution in [-0.2, 0) is 15.9 Å². The van der Waals surface area contributed by atoms with Gasteiger partial charge in [0.05, 0.1) is 12.1 Å². The second kappa shape index (κ2) is 10.4. The number of hydrogen-bond donors (Lipinski definition) is 3. The summed E-state index contributed by atoms with van der Waals surface area (Å²) < 4.78 is 16.4. The van der Waals surface area contributed by atoms with Gasteiger partial charge in [-0.2, -0.15) is 0 Å². The summed E-state index contributed by atoms with van der Waals surface area (Å²) in [5.41, 5.74) is -1.44. The number of ether oxygens (including phenoxy) is 2. The summed E-state index contributed by atoms with van der Waals surface area (Å²) in [6, 6.07) is -1.10. The average Bonchev–Trinajstić information content (AvgIpc) is 3.29. The van der Waals surface area contributed by atoms with Crippen LogP contribution in [0, 0.1) is 5.92 Å². The van der Waals surface area contributed by atoms with Crippen LogP contribution in [0.2, 0.25) is 0 Å². The average molecular weight is 536 g/mol. The van der Waals surface area contributed by atoms with E-state index in [-0.39, 0.29) is 30.0 Å². The number of guanidine groups is 1. The zero-order chi connectivity index (χ0) is 27.8. The van der Waals surface area contributed by atoms with E-state index in [2.05, 4.69) is 25.8 Å². The van der Waals surface area contributed by atoms with Crippen LogP contribution < -0.4 is 10.6 Å². The predicted molar refractivity (Wildman–Crippen MR) is 132 cm³/mol. The van der Waals surface area contributed by atoms with E-state index in [1.165, 1.54) is 0 Å². The predicted octanol–water partition coefficient (Wildman–Crippen LogP) is 3.13. The monoisotopic (exact) mass is 535 g/mol. The van der Waals surface area contributed by atoms with Gasteiger partial charge >= 0.3 is 18.2 Å². The molecular weight excluding hydrogens is 498 g/mol. The fourth-order valence-corrected chi connectivity index (χ4v) is 4.69. The van der Waals surface area contributed by atoms with Gasteiger partial charge in [-0.05, 0) is 73.1 Å². The first-order valence-corrected chi connectivity index (χ1v) is 12.9. The quantitative estimate of drug-likeness (QED) is 0.297. The first-order chi connectivity index (χ1) is 17.7. The topological polar surface area (TPSA) is 172 Å². The lowest BCUT2D eigenvalue weighted by Gasteiger charge is -2.32. The fraction of sp³-hybridized carbons (Fsp3) is 0.750. The molecule has 2 bridgehead atoms. The van der Waals surface area contributed by atoms with Crippen LogP contribution in [0.1, 0.15) is 85.0 Å². The van der Waals surface area contributed by atoms with Gasteiger partial charge in [-0.15, -0.1) is 10.2 Å². The van der Waals surface area contributed by atoms with E-state index in [0.29, 0.717) is 50.4 Å². The van der Waals surface area contributed by atoms with Crippen molar-refractivity contribution in [1.82, 2.24) is 30.8 Å². The number of aromatic nitrogens is 2. The lowest BCUT2D eigenvalue weighted by atomic mass is 9.78. The number of nitrogens with zero attached hydrogens (tertiary/aromatic N) is 5. The number of urea groups is 1. The molecule has 3 fully saturated rings. The van der Waals surface area contributed by atoms with Gasteiger partial charge in [0.15, 0.2) is 0 Å². The highest BCUT2D eigenvalue weighted by molar-refractivity contribution is 6.01. The van der Waals surface area contributed by atoms with E-state index in [4.69, 9.17) is 13.9 Å². The van der Waals surface area contributed by atoms with E-state index in [9.17, 15) is 19.6 Å². The molecule has 4 amide bonds. The number of rotatable bonds is 4. The lowest BCUT2D eigenvalue weighted by molar-refractivity contribution is -0.0584. The summed E-state index contributed by atoms with van der Waals surface area (Å²) in [5.74, 6) is 1.03. The molecule has 3 heterocycles. The molecule has 3 aliphatic rings. The van der Waals surface area contributed by atoms with Crippen LogP contribution >= 0.6 is 0 Å². The van der Waals surface area contributed by atoms with E-state index in [1.54, 1.807) is 46.4 Å². The van der Waals surface area contributed by atoms with Crippen LogP contribution in [0.3, 0.4) is 0 Å². The number of piperidine rings is 1. The zero-order valence-electron chi connectivity index (χ0n) is 22.7. The molecule has 3 N–H and O–H groups in total. The molecule has 1 saturated carbocycles. The van der Waals surface area contributed by atoms with Crippen molar-refractivity contribution in [2.75, 3.05) is 6.54 Å². The van der Waals surface area contributed by atoms with Gasteiger partial charge in [-0.1, -0.05) is 0 Å². The van der Waals surface area contributed by atoms with Crippen LogP contribution in [0.25, 0.3) is 0 Å². The third-order valence-corrected chi connectivity index (χ3v) is 6.34. The normalized spacial score (nSPS) is 25.0. The lowest BCUT2D eigenvalue weighted by Crippen LogP contribution is -2.48. The van der Waals surface area contributed by atoms with Crippen molar-refractivity contribution in [2.24, 2.45) is 10.9 Å². The maximum atomic E-state index is 12.3. The molecule has 14 heteroatoms. The molecule has 14 nitrogen and oxygen atoms in total. The van der Waals surface area contributed by atoms with Crippen LogP contribution in [0.5, 0.6) is 0 Å². The molecule has 38 heavy (non-hydrogen) atoms. The first-order valence-electron chi connectivity index (χ1n) is 12.9. The van der Waals surface area contributed by atoms with Gasteiger partial charge in [0.1, 0.15) is 17.2 Å². The van der Waals surface area contributed by atoms with Gasteiger partial charge in [0.2, 0.25) is 17.7 Å². The van der Waals surface area contributed by atoms with E-state index < -0.39 is 29.4 Å². The van der Waals surface area contributed by atoms with Gasteiger partial charge < -0.3 is 18.8 Å². The number of carbonyl (C=O) groups is 3. The van der Waals surface area contributed by atoms with Crippen molar-refractivity contribution in [2.45, 2.75) is 103 Å². The standard InChI is InChI=1S/C24H37N7O7/c1-23(2,3)37-20(32)26-19(27-21(33)38-24(4,5)6)25-14-9-13(10-14)11-17-28-29-18(36-17)16-8-7-15-12-30(16)22(34)31(15)35/h13-16,35H,7-12H2,1-6H3,(H2,25,26,27,32,33)/t13?,14?,15-,16-/m0/s1. The Hall–Kier alpha value is -3.42. The Morgan fingerprint density at radius 3 is 2.24 bits per heavy atom. The summed E-state index contributed by atoms with van der Waals surface area (Å²) in [6.45, 7) is 10.9. The Morgan fingerprint density at radius 2 is 1.66 bits per heavy atom. The highest BCUT2D eigenvalue weighted by atomic mass is 16.6. The Bertz CT molecular complexity index is 1050. The third kappa shape index (κ3) is 6.91. The molecule has 0 radical (unpaired) electrons. The minimum atomic E-state index is -0.739. The molecule has 2 atom stereocenters. The summed E-state index contributed by atoms with van der Waals surface area (Å²) in [5, 5.41) is 24.0.